The third-order valence-electron chi connectivity index (χ3n) is 4.49. The number of nitrogens with zero attached hydrogens (tertiary/aromatic N) is 1. The molecule has 0 radical (unpaired) electrons. The molecule has 0 aliphatic carbocycles. The first-order valence-electron chi connectivity index (χ1n) is 9.29. The number of carbonyl (C=O) groups excluding carboxylic acids is 2. The summed E-state index contributed by atoms with van der Waals surface area (Å²) in [4.78, 5) is 23.9. The summed E-state index contributed by atoms with van der Waals surface area (Å²) in [5.41, 5.74) is 6.41. The molecule has 1 aliphatic heterocycles. The normalized spacial score (nSPS) is 16.3. The van der Waals surface area contributed by atoms with E-state index in [0.29, 0.717) is 37.4 Å². The summed E-state index contributed by atoms with van der Waals surface area (Å²) in [7, 11) is -3.58. The molecule has 2 aromatic rings. The molecule has 2 N–H and O–H groups in total. The zero-order valence-electron chi connectivity index (χ0n) is 16.1. The molecular formula is C21H22N2O6S. The first-order chi connectivity index (χ1) is 14.4. The van der Waals surface area contributed by atoms with E-state index >= 15 is 0 Å². The SMILES string of the molecule is NC(=O)C(OC(=O)/C=C/c1ccc(S(=O)(=O)N2CCOCC2)cc1)c1ccccc1. The second kappa shape index (κ2) is 9.66. The first kappa shape index (κ1) is 21.7. The molecule has 0 spiro atoms. The van der Waals surface area contributed by atoms with Crippen molar-refractivity contribution in [3.05, 3.63) is 71.8 Å². The number of sulfonamides is 1. The molecule has 8 nitrogen and oxygen atoms in total. The van der Waals surface area contributed by atoms with Gasteiger partial charge in [-0.25, -0.2) is 13.2 Å². The second-order valence-corrected chi connectivity index (χ2v) is 8.49. The van der Waals surface area contributed by atoms with Crippen LogP contribution < -0.4 is 5.73 Å². The molecular weight excluding hydrogens is 408 g/mol. The maximum absolute atomic E-state index is 12.6. The van der Waals surface area contributed by atoms with Crippen molar-refractivity contribution in [1.29, 1.82) is 0 Å². The average molecular weight is 430 g/mol. The molecule has 9 heteroatoms. The average Bonchev–Trinajstić information content (AvgIpc) is 2.77. The van der Waals surface area contributed by atoms with Crippen molar-refractivity contribution < 1.29 is 27.5 Å². The molecule has 0 saturated carbocycles. The van der Waals surface area contributed by atoms with Gasteiger partial charge in [0.25, 0.3) is 5.91 Å². The van der Waals surface area contributed by atoms with Crippen LogP contribution >= 0.6 is 0 Å². The molecule has 158 valence electrons. The van der Waals surface area contributed by atoms with E-state index in [1.807, 2.05) is 0 Å². The first-order valence-corrected chi connectivity index (χ1v) is 10.7. The zero-order valence-corrected chi connectivity index (χ0v) is 17.0. The Balaban J connectivity index is 1.66. The van der Waals surface area contributed by atoms with Crippen molar-refractivity contribution in [2.45, 2.75) is 11.0 Å². The Morgan fingerprint density at radius 1 is 1.03 bits per heavy atom. The lowest BCUT2D eigenvalue weighted by Gasteiger charge is -2.26. The fourth-order valence-electron chi connectivity index (χ4n) is 2.92. The number of morpholine rings is 1. The van der Waals surface area contributed by atoms with Crippen molar-refractivity contribution in [2.24, 2.45) is 5.73 Å². The van der Waals surface area contributed by atoms with Crippen LogP contribution in [-0.4, -0.2) is 50.9 Å². The van der Waals surface area contributed by atoms with Gasteiger partial charge in [-0.1, -0.05) is 42.5 Å². The van der Waals surface area contributed by atoms with Gasteiger partial charge in [-0.3, -0.25) is 4.79 Å². The minimum Gasteiger partial charge on any atom is -0.444 e. The van der Waals surface area contributed by atoms with Gasteiger partial charge in [0.05, 0.1) is 18.1 Å². The molecule has 1 saturated heterocycles. The molecule has 1 fully saturated rings. The summed E-state index contributed by atoms with van der Waals surface area (Å²) in [6.07, 6.45) is 1.44. The maximum Gasteiger partial charge on any atom is 0.331 e. The highest BCUT2D eigenvalue weighted by molar-refractivity contribution is 7.89. The predicted molar refractivity (Wildman–Crippen MR) is 110 cm³/mol. The Bertz CT molecular complexity index is 1010. The number of primary amides is 1. The minimum atomic E-state index is -3.58. The predicted octanol–water partition coefficient (Wildman–Crippen LogP) is 1.49. The monoisotopic (exact) mass is 430 g/mol. The van der Waals surface area contributed by atoms with E-state index in [1.165, 1.54) is 22.5 Å². The summed E-state index contributed by atoms with van der Waals surface area (Å²) in [6, 6.07) is 14.6. The van der Waals surface area contributed by atoms with E-state index in [2.05, 4.69) is 0 Å². The Morgan fingerprint density at radius 2 is 1.67 bits per heavy atom. The Kier molecular flexibility index (Phi) is 6.99. The number of rotatable bonds is 7. The minimum absolute atomic E-state index is 0.169. The number of carbonyl (C=O) groups is 2. The highest BCUT2D eigenvalue weighted by atomic mass is 32.2. The topological polar surface area (TPSA) is 116 Å². The highest BCUT2D eigenvalue weighted by Crippen LogP contribution is 2.19. The van der Waals surface area contributed by atoms with Crippen molar-refractivity contribution in [2.75, 3.05) is 26.3 Å². The van der Waals surface area contributed by atoms with Crippen molar-refractivity contribution >= 4 is 28.0 Å². The number of ether oxygens (including phenoxy) is 2. The third kappa shape index (κ3) is 5.32. The molecule has 1 heterocycles. The lowest BCUT2D eigenvalue weighted by molar-refractivity contribution is -0.150. The number of nitrogens with two attached hydrogens (primary N) is 1. The van der Waals surface area contributed by atoms with E-state index in [4.69, 9.17) is 15.2 Å². The van der Waals surface area contributed by atoms with Gasteiger partial charge in [-0.05, 0) is 23.8 Å². The molecule has 1 amide bonds. The lowest BCUT2D eigenvalue weighted by Crippen LogP contribution is -2.40. The molecule has 1 aliphatic rings. The van der Waals surface area contributed by atoms with Gasteiger partial charge in [-0.15, -0.1) is 0 Å². The van der Waals surface area contributed by atoms with Crippen LogP contribution in [0.3, 0.4) is 0 Å². The van der Waals surface area contributed by atoms with Crippen LogP contribution in [0.2, 0.25) is 0 Å². The molecule has 1 unspecified atom stereocenters. The van der Waals surface area contributed by atoms with Crippen LogP contribution in [0.4, 0.5) is 0 Å². The summed E-state index contributed by atoms with van der Waals surface area (Å²) in [5, 5.41) is 0. The fourth-order valence-corrected chi connectivity index (χ4v) is 4.33. The molecule has 1 atom stereocenters. The van der Waals surface area contributed by atoms with Gasteiger partial charge >= 0.3 is 5.97 Å². The van der Waals surface area contributed by atoms with E-state index in [0.717, 1.165) is 6.08 Å². The van der Waals surface area contributed by atoms with Gasteiger partial charge < -0.3 is 15.2 Å². The summed E-state index contributed by atoms with van der Waals surface area (Å²) < 4.78 is 37.0. The van der Waals surface area contributed by atoms with Gasteiger partial charge in [0.2, 0.25) is 16.1 Å². The van der Waals surface area contributed by atoms with Gasteiger partial charge in [0.15, 0.2) is 0 Å². The van der Waals surface area contributed by atoms with Gasteiger partial charge in [-0.2, -0.15) is 4.31 Å². The summed E-state index contributed by atoms with van der Waals surface area (Å²) in [5.74, 6) is -1.52. The van der Waals surface area contributed by atoms with Crippen molar-refractivity contribution in [3.8, 4) is 0 Å². The quantitative estimate of drug-likeness (QED) is 0.526. The zero-order chi connectivity index (χ0) is 21.6. The van der Waals surface area contributed by atoms with Gasteiger partial charge in [0, 0.05) is 24.7 Å². The van der Waals surface area contributed by atoms with E-state index in [9.17, 15) is 18.0 Å². The molecule has 2 aromatic carbocycles. The summed E-state index contributed by atoms with van der Waals surface area (Å²) >= 11 is 0. The van der Waals surface area contributed by atoms with Crippen LogP contribution in [0, 0.1) is 0 Å². The fraction of sp³-hybridized carbons (Fsp3) is 0.238. The number of hydrogen-bond acceptors (Lipinski definition) is 6. The Labute approximate surface area is 174 Å². The van der Waals surface area contributed by atoms with Crippen LogP contribution in [0.15, 0.2) is 65.6 Å². The lowest BCUT2D eigenvalue weighted by atomic mass is 10.1. The largest absolute Gasteiger partial charge is 0.444 e. The van der Waals surface area contributed by atoms with Crippen molar-refractivity contribution in [1.82, 2.24) is 4.31 Å². The van der Waals surface area contributed by atoms with Gasteiger partial charge in [0.1, 0.15) is 0 Å². The summed E-state index contributed by atoms with van der Waals surface area (Å²) in [6.45, 7) is 1.38. The Hall–Kier alpha value is -3.01. The van der Waals surface area contributed by atoms with Crippen LogP contribution in [0.25, 0.3) is 6.08 Å². The number of esters is 1. The number of amides is 1. The highest BCUT2D eigenvalue weighted by Gasteiger charge is 2.26. The Morgan fingerprint density at radius 3 is 2.27 bits per heavy atom. The molecule has 0 aromatic heterocycles. The number of hydrogen-bond donors (Lipinski definition) is 1. The standard InChI is InChI=1S/C21H22N2O6S/c22-21(25)20(17-4-2-1-3-5-17)29-19(24)11-8-16-6-9-18(10-7-16)30(26,27)23-12-14-28-15-13-23/h1-11,20H,12-15H2,(H2,22,25)/b11-8+. The van der Waals surface area contributed by atoms with E-state index < -0.39 is 28.0 Å². The van der Waals surface area contributed by atoms with E-state index in [-0.39, 0.29) is 4.90 Å². The maximum atomic E-state index is 12.6. The van der Waals surface area contributed by atoms with Crippen LogP contribution in [0.5, 0.6) is 0 Å². The third-order valence-corrected chi connectivity index (χ3v) is 6.41. The molecule has 3 rings (SSSR count). The smallest absolute Gasteiger partial charge is 0.331 e. The van der Waals surface area contributed by atoms with Crippen LogP contribution in [-0.2, 0) is 29.1 Å². The number of benzene rings is 2. The molecule has 30 heavy (non-hydrogen) atoms. The molecule has 0 bridgehead atoms. The second-order valence-electron chi connectivity index (χ2n) is 6.55. The van der Waals surface area contributed by atoms with Crippen LogP contribution in [0.1, 0.15) is 17.2 Å². The van der Waals surface area contributed by atoms with Crippen molar-refractivity contribution in [3.63, 3.8) is 0 Å². The van der Waals surface area contributed by atoms with E-state index in [1.54, 1.807) is 42.5 Å².